The van der Waals surface area contributed by atoms with Gasteiger partial charge in [0.1, 0.15) is 11.4 Å². The summed E-state index contributed by atoms with van der Waals surface area (Å²) in [7, 11) is 3.98. The number of para-hydroxylation sites is 1. The zero-order valence-corrected chi connectivity index (χ0v) is 16.2. The third kappa shape index (κ3) is 5.13. The highest BCUT2D eigenvalue weighted by atomic mass is 16.6. The second-order valence-corrected chi connectivity index (χ2v) is 7.57. The van der Waals surface area contributed by atoms with Gasteiger partial charge in [0.25, 0.3) is 0 Å². The van der Waals surface area contributed by atoms with E-state index >= 15 is 0 Å². The van der Waals surface area contributed by atoms with Crippen LogP contribution in [0.3, 0.4) is 0 Å². The summed E-state index contributed by atoms with van der Waals surface area (Å²) in [5, 5.41) is 0. The third-order valence-electron chi connectivity index (χ3n) is 5.21. The summed E-state index contributed by atoms with van der Waals surface area (Å²) in [6, 6.07) is 9.51. The van der Waals surface area contributed by atoms with Crippen molar-refractivity contribution in [3.05, 3.63) is 30.3 Å². The van der Waals surface area contributed by atoms with Crippen LogP contribution in [0.25, 0.3) is 0 Å². The maximum absolute atomic E-state index is 12.4. The molecule has 27 heavy (non-hydrogen) atoms. The highest BCUT2D eigenvalue weighted by Gasteiger charge is 2.47. The number of carbonyl (C=O) groups excluding carboxylic acids is 2. The second kappa shape index (κ2) is 8.61. The molecule has 0 radical (unpaired) electrons. The van der Waals surface area contributed by atoms with Gasteiger partial charge in [0.05, 0.1) is 19.6 Å². The fourth-order valence-electron chi connectivity index (χ4n) is 3.54. The maximum atomic E-state index is 12.4. The molecule has 2 amide bonds. The molecule has 0 aromatic heterocycles. The molecular weight excluding hydrogens is 346 g/mol. The Morgan fingerprint density at radius 2 is 1.93 bits per heavy atom. The number of carbonyl (C=O) groups is 2. The van der Waals surface area contributed by atoms with E-state index < -0.39 is 5.60 Å². The fraction of sp³-hybridized carbons (Fsp3) is 0.600. The van der Waals surface area contributed by atoms with E-state index in [0.29, 0.717) is 52.0 Å². The Labute approximate surface area is 160 Å². The Morgan fingerprint density at radius 1 is 1.22 bits per heavy atom. The number of benzene rings is 1. The van der Waals surface area contributed by atoms with Crippen LogP contribution in [0.2, 0.25) is 0 Å². The van der Waals surface area contributed by atoms with E-state index in [-0.39, 0.29) is 12.0 Å². The van der Waals surface area contributed by atoms with Crippen LogP contribution in [0.15, 0.2) is 30.3 Å². The molecule has 2 aliphatic heterocycles. The summed E-state index contributed by atoms with van der Waals surface area (Å²) in [5.74, 6) is 0.869. The number of amides is 2. The molecule has 0 N–H and O–H groups in total. The largest absolute Gasteiger partial charge is 0.493 e. The van der Waals surface area contributed by atoms with Crippen molar-refractivity contribution in [2.45, 2.75) is 24.9 Å². The van der Waals surface area contributed by atoms with E-state index in [9.17, 15) is 9.59 Å². The number of likely N-dealkylation sites (N-methyl/N-ethyl adjacent to an activating group) is 1. The van der Waals surface area contributed by atoms with Crippen LogP contribution in [0.4, 0.5) is 4.79 Å². The predicted octanol–water partition coefficient (Wildman–Crippen LogP) is 1.83. The van der Waals surface area contributed by atoms with Gasteiger partial charge in [0.15, 0.2) is 0 Å². The van der Waals surface area contributed by atoms with Gasteiger partial charge in [-0.25, -0.2) is 4.79 Å². The smallest absolute Gasteiger partial charge is 0.410 e. The minimum Gasteiger partial charge on any atom is -0.493 e. The molecule has 2 heterocycles. The lowest BCUT2D eigenvalue weighted by Gasteiger charge is -2.37. The van der Waals surface area contributed by atoms with Crippen LogP contribution in [0.1, 0.15) is 19.3 Å². The normalized spacial score (nSPS) is 18.9. The Bertz CT molecular complexity index is 642. The molecule has 0 saturated carbocycles. The molecule has 0 aliphatic carbocycles. The summed E-state index contributed by atoms with van der Waals surface area (Å²) in [5.41, 5.74) is -0.430. The highest BCUT2D eigenvalue weighted by molar-refractivity contribution is 5.76. The first-order chi connectivity index (χ1) is 13.0. The van der Waals surface area contributed by atoms with Gasteiger partial charge < -0.3 is 24.2 Å². The van der Waals surface area contributed by atoms with E-state index in [1.54, 1.807) is 4.90 Å². The Hall–Kier alpha value is -2.28. The maximum Gasteiger partial charge on any atom is 0.410 e. The van der Waals surface area contributed by atoms with E-state index in [2.05, 4.69) is 4.90 Å². The summed E-state index contributed by atoms with van der Waals surface area (Å²) in [6.45, 7) is 3.73. The van der Waals surface area contributed by atoms with Crippen LogP contribution in [-0.4, -0.2) is 85.7 Å². The number of rotatable bonds is 7. The molecule has 2 fully saturated rings. The summed E-state index contributed by atoms with van der Waals surface area (Å²) < 4.78 is 11.3. The zero-order chi connectivity index (χ0) is 19.3. The number of hydrogen-bond donors (Lipinski definition) is 0. The van der Waals surface area contributed by atoms with Crippen molar-refractivity contribution in [2.24, 2.45) is 0 Å². The fourth-order valence-corrected chi connectivity index (χ4v) is 3.54. The van der Waals surface area contributed by atoms with E-state index in [1.165, 1.54) is 0 Å². The Kier molecular flexibility index (Phi) is 6.21. The summed E-state index contributed by atoms with van der Waals surface area (Å²) in [6.07, 6.45) is 1.52. The third-order valence-corrected chi connectivity index (χ3v) is 5.21. The SMILES string of the molecule is CN(C)CCN1CC2(CCN(C(=O)CCOc3ccccc3)CC2)OC1=O. The van der Waals surface area contributed by atoms with Gasteiger partial charge in [-0.05, 0) is 26.2 Å². The van der Waals surface area contributed by atoms with Crippen molar-refractivity contribution in [1.82, 2.24) is 14.7 Å². The number of piperidine rings is 1. The first-order valence-electron chi connectivity index (χ1n) is 9.56. The van der Waals surface area contributed by atoms with Crippen LogP contribution in [0.5, 0.6) is 5.75 Å². The average molecular weight is 375 g/mol. The van der Waals surface area contributed by atoms with Gasteiger partial charge in [-0.15, -0.1) is 0 Å². The van der Waals surface area contributed by atoms with Crippen LogP contribution < -0.4 is 4.74 Å². The van der Waals surface area contributed by atoms with Crippen molar-refractivity contribution in [1.29, 1.82) is 0 Å². The van der Waals surface area contributed by atoms with Crippen molar-refractivity contribution in [3.8, 4) is 5.75 Å². The van der Waals surface area contributed by atoms with Crippen LogP contribution in [0, 0.1) is 0 Å². The Balaban J connectivity index is 1.42. The first kappa shape index (κ1) is 19.5. The van der Waals surface area contributed by atoms with E-state index in [1.807, 2.05) is 49.3 Å². The zero-order valence-electron chi connectivity index (χ0n) is 16.2. The number of ether oxygens (including phenoxy) is 2. The lowest BCUT2D eigenvalue weighted by Crippen LogP contribution is -2.49. The second-order valence-electron chi connectivity index (χ2n) is 7.57. The first-order valence-corrected chi connectivity index (χ1v) is 9.56. The van der Waals surface area contributed by atoms with Gasteiger partial charge >= 0.3 is 6.09 Å². The van der Waals surface area contributed by atoms with Gasteiger partial charge in [0, 0.05) is 39.0 Å². The summed E-state index contributed by atoms with van der Waals surface area (Å²) in [4.78, 5) is 30.3. The molecule has 7 nitrogen and oxygen atoms in total. The Morgan fingerprint density at radius 3 is 2.59 bits per heavy atom. The van der Waals surface area contributed by atoms with Gasteiger partial charge in [-0.2, -0.15) is 0 Å². The standard InChI is InChI=1S/C20H29N3O4/c1-21(2)13-14-23-16-20(27-19(23)25)9-11-22(12-10-20)18(24)8-15-26-17-6-4-3-5-7-17/h3-7H,8-16H2,1-2H3. The topological polar surface area (TPSA) is 62.3 Å². The van der Waals surface area contributed by atoms with Crippen LogP contribution in [-0.2, 0) is 9.53 Å². The van der Waals surface area contributed by atoms with Crippen molar-refractivity contribution >= 4 is 12.0 Å². The molecule has 2 aliphatic rings. The minimum absolute atomic E-state index is 0.0922. The van der Waals surface area contributed by atoms with E-state index in [4.69, 9.17) is 9.47 Å². The summed E-state index contributed by atoms with van der Waals surface area (Å²) >= 11 is 0. The number of likely N-dealkylation sites (tertiary alicyclic amines) is 1. The molecule has 148 valence electrons. The molecule has 0 bridgehead atoms. The van der Waals surface area contributed by atoms with E-state index in [0.717, 1.165) is 12.3 Å². The molecule has 2 saturated heterocycles. The van der Waals surface area contributed by atoms with Gasteiger partial charge in [-0.3, -0.25) is 4.79 Å². The van der Waals surface area contributed by atoms with Gasteiger partial charge in [0.2, 0.25) is 5.91 Å². The number of hydrogen-bond acceptors (Lipinski definition) is 5. The molecule has 0 atom stereocenters. The van der Waals surface area contributed by atoms with Crippen molar-refractivity contribution in [3.63, 3.8) is 0 Å². The molecule has 1 aromatic rings. The lowest BCUT2D eigenvalue weighted by atomic mass is 9.91. The molecular formula is C20H29N3O4. The predicted molar refractivity (Wildman–Crippen MR) is 102 cm³/mol. The highest BCUT2D eigenvalue weighted by Crippen LogP contribution is 2.33. The average Bonchev–Trinajstić information content (AvgIpc) is 2.96. The lowest BCUT2D eigenvalue weighted by molar-refractivity contribution is -0.135. The molecule has 7 heteroatoms. The minimum atomic E-state index is -0.430. The van der Waals surface area contributed by atoms with Crippen molar-refractivity contribution < 1.29 is 19.1 Å². The molecule has 3 rings (SSSR count). The van der Waals surface area contributed by atoms with Crippen LogP contribution >= 0.6 is 0 Å². The monoisotopic (exact) mass is 375 g/mol. The molecule has 1 spiro atoms. The van der Waals surface area contributed by atoms with Gasteiger partial charge in [-0.1, -0.05) is 18.2 Å². The molecule has 0 unspecified atom stereocenters. The molecule has 1 aromatic carbocycles. The van der Waals surface area contributed by atoms with Crippen molar-refractivity contribution in [2.75, 3.05) is 53.4 Å². The quantitative estimate of drug-likeness (QED) is 0.728. The number of nitrogens with zero attached hydrogens (tertiary/aromatic N) is 3.